The number of ketones is 1. The molecule has 1 aliphatic rings. The van der Waals surface area contributed by atoms with E-state index in [9.17, 15) is 22.8 Å². The average Bonchev–Trinajstić information content (AvgIpc) is 3.06. The molecule has 0 amide bonds. The molecule has 3 aromatic rings. The summed E-state index contributed by atoms with van der Waals surface area (Å²) in [5, 5.41) is 3.26. The molecular formula is C24H23F3N2O3. The monoisotopic (exact) mass is 444 g/mol. The molecule has 2 heterocycles. The van der Waals surface area contributed by atoms with Gasteiger partial charge in [-0.05, 0) is 35.6 Å². The number of esters is 1. The molecule has 4 rings (SSSR count). The Kier molecular flexibility index (Phi) is 6.06. The smallest absolute Gasteiger partial charge is 0.417 e. The van der Waals surface area contributed by atoms with Gasteiger partial charge in [-0.25, -0.2) is 0 Å². The zero-order valence-corrected chi connectivity index (χ0v) is 17.5. The van der Waals surface area contributed by atoms with Gasteiger partial charge in [0.25, 0.3) is 0 Å². The van der Waals surface area contributed by atoms with Gasteiger partial charge < -0.3 is 14.6 Å². The fraction of sp³-hybridized carbons (Fsp3) is 0.333. The van der Waals surface area contributed by atoms with Crippen LogP contribution in [0.4, 0.5) is 13.2 Å². The lowest BCUT2D eigenvalue weighted by Crippen LogP contribution is -2.40. The Morgan fingerprint density at radius 1 is 1.16 bits per heavy atom. The second-order valence-corrected chi connectivity index (χ2v) is 7.96. The molecule has 0 bridgehead atoms. The van der Waals surface area contributed by atoms with Crippen molar-refractivity contribution in [2.45, 2.75) is 45.1 Å². The molecule has 8 heteroatoms. The molecule has 1 aromatic heterocycles. The summed E-state index contributed by atoms with van der Waals surface area (Å²) in [7, 11) is 0. The second-order valence-electron chi connectivity index (χ2n) is 7.96. The zero-order valence-electron chi connectivity index (χ0n) is 17.5. The number of hydrogen-bond acceptors (Lipinski definition) is 4. The maximum absolute atomic E-state index is 14.1. The lowest BCUT2D eigenvalue weighted by atomic mass is 9.94. The topological polar surface area (TPSA) is 60.3 Å². The minimum atomic E-state index is -4.50. The molecular weight excluding hydrogens is 421 g/mol. The number of benzene rings is 2. The van der Waals surface area contributed by atoms with Gasteiger partial charge in [-0.3, -0.25) is 9.59 Å². The summed E-state index contributed by atoms with van der Waals surface area (Å²) in [6, 6.07) is 11.8. The van der Waals surface area contributed by atoms with Crippen LogP contribution in [-0.4, -0.2) is 29.0 Å². The number of hydrogen-bond donors (Lipinski definition) is 1. The van der Waals surface area contributed by atoms with E-state index in [0.29, 0.717) is 17.5 Å². The Labute approximate surface area is 183 Å². The van der Waals surface area contributed by atoms with Gasteiger partial charge in [-0.1, -0.05) is 36.4 Å². The Bertz CT molecular complexity index is 1150. The molecule has 1 unspecified atom stereocenters. The predicted molar refractivity (Wildman–Crippen MR) is 113 cm³/mol. The van der Waals surface area contributed by atoms with Gasteiger partial charge >= 0.3 is 12.1 Å². The van der Waals surface area contributed by atoms with E-state index in [2.05, 4.69) is 5.32 Å². The molecule has 5 nitrogen and oxygen atoms in total. The Hall–Kier alpha value is -3.13. The summed E-state index contributed by atoms with van der Waals surface area (Å²) in [6.45, 7) is 1.25. The molecule has 2 aromatic carbocycles. The highest BCUT2D eigenvalue weighted by Crippen LogP contribution is 2.40. The molecule has 0 fully saturated rings. The first-order chi connectivity index (χ1) is 15.2. The number of alkyl halides is 3. The number of ether oxygens (including phenoxy) is 1. The van der Waals surface area contributed by atoms with Crippen molar-refractivity contribution in [3.8, 4) is 0 Å². The number of carbonyl (C=O) groups is 2. The normalized spacial score (nSPS) is 16.1. The summed E-state index contributed by atoms with van der Waals surface area (Å²) >= 11 is 0. The van der Waals surface area contributed by atoms with Gasteiger partial charge in [0.15, 0.2) is 12.4 Å². The van der Waals surface area contributed by atoms with E-state index in [0.717, 1.165) is 5.56 Å². The van der Waals surface area contributed by atoms with Crippen molar-refractivity contribution in [1.82, 2.24) is 9.88 Å². The highest BCUT2D eigenvalue weighted by molar-refractivity contribution is 5.90. The van der Waals surface area contributed by atoms with E-state index in [-0.39, 0.29) is 42.9 Å². The first-order valence-electron chi connectivity index (χ1n) is 10.4. The van der Waals surface area contributed by atoms with Crippen LogP contribution in [0.1, 0.15) is 29.2 Å². The lowest BCUT2D eigenvalue weighted by Gasteiger charge is -2.17. The third-order valence-electron chi connectivity index (χ3n) is 5.74. The highest BCUT2D eigenvalue weighted by atomic mass is 19.4. The fourth-order valence-corrected chi connectivity index (χ4v) is 4.28. The van der Waals surface area contributed by atoms with Crippen molar-refractivity contribution in [1.29, 1.82) is 0 Å². The van der Waals surface area contributed by atoms with E-state index in [4.69, 9.17) is 4.74 Å². The van der Waals surface area contributed by atoms with Crippen LogP contribution in [0.5, 0.6) is 0 Å². The molecule has 0 spiro atoms. The zero-order chi connectivity index (χ0) is 22.9. The third kappa shape index (κ3) is 4.55. The number of nitrogens with zero attached hydrogens (tertiary/aromatic N) is 1. The molecule has 0 saturated carbocycles. The molecule has 1 aliphatic heterocycles. The van der Waals surface area contributed by atoms with Crippen LogP contribution in [-0.2, 0) is 46.4 Å². The molecule has 32 heavy (non-hydrogen) atoms. The van der Waals surface area contributed by atoms with Gasteiger partial charge in [0.05, 0.1) is 17.1 Å². The van der Waals surface area contributed by atoms with Crippen LogP contribution in [0.25, 0.3) is 10.9 Å². The largest absolute Gasteiger partial charge is 0.458 e. The summed E-state index contributed by atoms with van der Waals surface area (Å²) in [6.07, 6.45) is -2.17. The van der Waals surface area contributed by atoms with Crippen LogP contribution in [0.2, 0.25) is 0 Å². The standard InChI is InChI=1S/C24H23F3N2O3/c1-15(30)32-14-21(31)20-13-29-10-9-19-22(24(25,26)27)17(11-18(12-28-20)23(19)29)8-7-16-5-3-2-4-6-16/h2-6,9-11,20,28H,7-8,12-14H2,1H3. The van der Waals surface area contributed by atoms with Crippen LogP contribution < -0.4 is 5.32 Å². The number of carbonyl (C=O) groups excluding carboxylic acids is 2. The number of nitrogens with one attached hydrogen (secondary N) is 1. The van der Waals surface area contributed by atoms with E-state index in [1.54, 1.807) is 16.8 Å². The van der Waals surface area contributed by atoms with Crippen molar-refractivity contribution >= 4 is 22.7 Å². The molecule has 0 radical (unpaired) electrons. The molecule has 1 atom stereocenters. The van der Waals surface area contributed by atoms with Crippen LogP contribution in [0.3, 0.4) is 0 Å². The van der Waals surface area contributed by atoms with Gasteiger partial charge in [-0.15, -0.1) is 0 Å². The van der Waals surface area contributed by atoms with E-state index < -0.39 is 23.8 Å². The van der Waals surface area contributed by atoms with Gasteiger partial charge in [0.1, 0.15) is 0 Å². The molecule has 1 N–H and O–H groups in total. The second kappa shape index (κ2) is 8.78. The number of aryl methyl sites for hydroxylation is 2. The predicted octanol–water partition coefficient (Wildman–Crippen LogP) is 4.05. The quantitative estimate of drug-likeness (QED) is 0.583. The van der Waals surface area contributed by atoms with E-state index in [1.807, 2.05) is 30.3 Å². The number of rotatable bonds is 6. The average molecular weight is 444 g/mol. The Morgan fingerprint density at radius 3 is 2.59 bits per heavy atom. The summed E-state index contributed by atoms with van der Waals surface area (Å²) in [4.78, 5) is 23.5. The fourth-order valence-electron chi connectivity index (χ4n) is 4.28. The van der Waals surface area contributed by atoms with Gasteiger partial charge in [-0.2, -0.15) is 13.2 Å². The summed E-state index contributed by atoms with van der Waals surface area (Å²) in [5.74, 6) is -0.883. The first kappa shape index (κ1) is 22.1. The van der Waals surface area contributed by atoms with Crippen LogP contribution in [0.15, 0.2) is 48.7 Å². The maximum Gasteiger partial charge on any atom is 0.417 e. The number of halogens is 3. The van der Waals surface area contributed by atoms with Crippen LogP contribution >= 0.6 is 0 Å². The molecule has 0 aliphatic carbocycles. The number of Topliss-reactive ketones (excluding diaryl/α,β-unsaturated/α-hetero) is 1. The third-order valence-corrected chi connectivity index (χ3v) is 5.74. The summed E-state index contributed by atoms with van der Waals surface area (Å²) in [5.41, 5.74) is 1.79. The van der Waals surface area contributed by atoms with E-state index in [1.165, 1.54) is 13.0 Å². The van der Waals surface area contributed by atoms with Crippen molar-refractivity contribution < 1.29 is 27.5 Å². The van der Waals surface area contributed by atoms with Crippen molar-refractivity contribution in [2.75, 3.05) is 6.61 Å². The minimum Gasteiger partial charge on any atom is -0.458 e. The Balaban J connectivity index is 1.69. The van der Waals surface area contributed by atoms with Crippen LogP contribution in [0, 0.1) is 0 Å². The molecule has 0 saturated heterocycles. The SMILES string of the molecule is CC(=O)OCC(=O)C1Cn2ccc3c(C(F)(F)F)c(CCc4ccccc4)cc(c32)CN1. The van der Waals surface area contributed by atoms with Crippen molar-refractivity contribution in [3.05, 3.63) is 70.9 Å². The van der Waals surface area contributed by atoms with E-state index >= 15 is 0 Å². The Morgan fingerprint density at radius 2 is 1.91 bits per heavy atom. The minimum absolute atomic E-state index is 0.146. The highest BCUT2D eigenvalue weighted by Gasteiger charge is 2.37. The summed E-state index contributed by atoms with van der Waals surface area (Å²) < 4.78 is 48.8. The first-order valence-corrected chi connectivity index (χ1v) is 10.4. The van der Waals surface area contributed by atoms with Gasteiger partial charge in [0, 0.05) is 31.6 Å². The van der Waals surface area contributed by atoms with Crippen molar-refractivity contribution in [3.63, 3.8) is 0 Å². The van der Waals surface area contributed by atoms with Crippen molar-refractivity contribution in [2.24, 2.45) is 0 Å². The molecule has 168 valence electrons. The maximum atomic E-state index is 14.1. The number of aromatic nitrogens is 1. The lowest BCUT2D eigenvalue weighted by molar-refractivity contribution is -0.146. The van der Waals surface area contributed by atoms with Gasteiger partial charge in [0.2, 0.25) is 0 Å².